The second-order valence-electron chi connectivity index (χ2n) is 8.68. The molecule has 5 rings (SSSR count). The summed E-state index contributed by atoms with van der Waals surface area (Å²) in [5.74, 6) is -0.443. The number of carbonyl (C=O) groups excluding carboxylic acids is 1. The van der Waals surface area contributed by atoms with Crippen LogP contribution in [0.25, 0.3) is 10.9 Å². The third-order valence-electron chi connectivity index (χ3n) is 6.15. The number of nitrogens with one attached hydrogen (secondary N) is 1. The van der Waals surface area contributed by atoms with Crippen molar-refractivity contribution in [3.05, 3.63) is 126 Å². The van der Waals surface area contributed by atoms with E-state index in [1.807, 2.05) is 60.7 Å². The maximum absolute atomic E-state index is 13.1. The predicted molar refractivity (Wildman–Crippen MR) is 146 cm³/mol. The molecule has 0 saturated carbocycles. The van der Waals surface area contributed by atoms with E-state index in [-0.39, 0.29) is 17.2 Å². The minimum absolute atomic E-state index is 0.188. The molecule has 0 aliphatic carbocycles. The molecule has 38 heavy (non-hydrogen) atoms. The van der Waals surface area contributed by atoms with Crippen LogP contribution in [-0.4, -0.2) is 31.2 Å². The van der Waals surface area contributed by atoms with Crippen LogP contribution in [0.2, 0.25) is 0 Å². The topological polar surface area (TPSA) is 93.5 Å². The zero-order chi connectivity index (χ0) is 26.5. The number of hydrogen-bond donors (Lipinski definition) is 1. The molecule has 0 unspecified atom stereocenters. The van der Waals surface area contributed by atoms with Gasteiger partial charge in [-0.25, -0.2) is 13.9 Å². The quantitative estimate of drug-likeness (QED) is 0.279. The van der Waals surface area contributed by atoms with Crippen LogP contribution < -0.4 is 9.79 Å². The summed E-state index contributed by atoms with van der Waals surface area (Å²) in [5.41, 5.74) is 5.86. The molecule has 5 aromatic rings. The van der Waals surface area contributed by atoms with Gasteiger partial charge >= 0.3 is 0 Å². The third kappa shape index (κ3) is 5.29. The van der Waals surface area contributed by atoms with Gasteiger partial charge in [0.05, 0.1) is 29.3 Å². The fourth-order valence-electron chi connectivity index (χ4n) is 4.10. The summed E-state index contributed by atoms with van der Waals surface area (Å²) < 4.78 is 29.1. The Morgan fingerprint density at radius 1 is 0.842 bits per heavy atom. The lowest BCUT2D eigenvalue weighted by Gasteiger charge is -2.19. The molecule has 192 valence electrons. The SMILES string of the molecule is CN(c1ccccc1)S(=O)(=O)c1ccc(Cn2nc(C(=O)NOCc3ccccc3)c3ccccc32)cc1. The van der Waals surface area contributed by atoms with Crippen molar-refractivity contribution < 1.29 is 18.0 Å². The molecular formula is C29H26N4O4S. The van der Waals surface area contributed by atoms with Gasteiger partial charge < -0.3 is 0 Å². The Morgan fingerprint density at radius 2 is 1.47 bits per heavy atom. The highest BCUT2D eigenvalue weighted by atomic mass is 32.2. The Morgan fingerprint density at radius 3 is 2.18 bits per heavy atom. The van der Waals surface area contributed by atoms with Crippen LogP contribution >= 0.6 is 0 Å². The Bertz CT molecular complexity index is 1650. The van der Waals surface area contributed by atoms with Crippen molar-refractivity contribution in [1.82, 2.24) is 15.3 Å². The van der Waals surface area contributed by atoms with Crippen LogP contribution in [0, 0.1) is 0 Å². The van der Waals surface area contributed by atoms with Gasteiger partial charge in [-0.05, 0) is 41.5 Å². The molecule has 0 aliphatic heterocycles. The first-order valence-corrected chi connectivity index (χ1v) is 13.4. The van der Waals surface area contributed by atoms with Crippen LogP contribution in [-0.2, 0) is 28.0 Å². The normalized spacial score (nSPS) is 11.4. The molecule has 1 heterocycles. The molecule has 9 heteroatoms. The van der Waals surface area contributed by atoms with Crippen molar-refractivity contribution in [3.8, 4) is 0 Å². The van der Waals surface area contributed by atoms with E-state index in [0.717, 1.165) is 16.6 Å². The molecule has 0 aliphatic rings. The van der Waals surface area contributed by atoms with E-state index in [4.69, 9.17) is 4.84 Å². The molecular weight excluding hydrogens is 500 g/mol. The maximum atomic E-state index is 13.1. The number of anilines is 1. The van der Waals surface area contributed by atoms with Gasteiger partial charge in [0.2, 0.25) is 0 Å². The molecule has 0 spiro atoms. The number of fused-ring (bicyclic) bond motifs is 1. The largest absolute Gasteiger partial charge is 0.295 e. The number of carbonyl (C=O) groups is 1. The van der Waals surface area contributed by atoms with Gasteiger partial charge in [0.15, 0.2) is 5.69 Å². The van der Waals surface area contributed by atoms with Crippen LogP contribution in [0.1, 0.15) is 21.6 Å². The second-order valence-corrected chi connectivity index (χ2v) is 10.7. The lowest BCUT2D eigenvalue weighted by atomic mass is 10.2. The number of nitrogens with zero attached hydrogens (tertiary/aromatic N) is 3. The summed E-state index contributed by atoms with van der Waals surface area (Å²) in [4.78, 5) is 18.5. The smallest absolute Gasteiger partial charge is 0.269 e. The number of rotatable bonds is 9. The van der Waals surface area contributed by atoms with E-state index in [9.17, 15) is 13.2 Å². The van der Waals surface area contributed by atoms with E-state index >= 15 is 0 Å². The molecule has 0 saturated heterocycles. The van der Waals surface area contributed by atoms with Crippen molar-refractivity contribution in [2.45, 2.75) is 18.0 Å². The van der Waals surface area contributed by atoms with Crippen LogP contribution in [0.15, 0.2) is 114 Å². The second kappa shape index (κ2) is 10.9. The Labute approximate surface area is 221 Å². The summed E-state index contributed by atoms with van der Waals surface area (Å²) in [5, 5.41) is 5.24. The van der Waals surface area contributed by atoms with Crippen LogP contribution in [0.3, 0.4) is 0 Å². The molecule has 1 N–H and O–H groups in total. The average Bonchev–Trinajstić information content (AvgIpc) is 3.32. The number of hydrogen-bond acceptors (Lipinski definition) is 5. The van der Waals surface area contributed by atoms with E-state index in [1.54, 1.807) is 53.2 Å². The van der Waals surface area contributed by atoms with E-state index in [0.29, 0.717) is 17.6 Å². The fraction of sp³-hybridized carbons (Fsp3) is 0.103. The number of amides is 1. The lowest BCUT2D eigenvalue weighted by molar-refractivity contribution is 0.0230. The summed E-state index contributed by atoms with van der Waals surface area (Å²) in [7, 11) is -2.18. The molecule has 1 amide bonds. The maximum Gasteiger partial charge on any atom is 0.295 e. The van der Waals surface area contributed by atoms with Crippen molar-refractivity contribution >= 4 is 32.5 Å². The van der Waals surface area contributed by atoms with E-state index < -0.39 is 15.9 Å². The van der Waals surface area contributed by atoms with Gasteiger partial charge in [0.1, 0.15) is 0 Å². The van der Waals surface area contributed by atoms with Gasteiger partial charge in [-0.1, -0.05) is 78.9 Å². The van der Waals surface area contributed by atoms with E-state index in [1.165, 1.54) is 11.4 Å². The highest BCUT2D eigenvalue weighted by Gasteiger charge is 2.21. The fourth-order valence-corrected chi connectivity index (χ4v) is 5.29. The molecule has 0 fully saturated rings. The zero-order valence-electron chi connectivity index (χ0n) is 20.7. The summed E-state index contributed by atoms with van der Waals surface area (Å²) in [6.07, 6.45) is 0. The Hall–Kier alpha value is -4.47. The number of hydroxylamine groups is 1. The molecule has 0 radical (unpaired) electrons. The van der Waals surface area contributed by atoms with Gasteiger partial charge in [0, 0.05) is 12.4 Å². The van der Waals surface area contributed by atoms with Gasteiger partial charge in [0.25, 0.3) is 15.9 Å². The first-order valence-electron chi connectivity index (χ1n) is 12.0. The monoisotopic (exact) mass is 526 g/mol. The number of aromatic nitrogens is 2. The van der Waals surface area contributed by atoms with E-state index in [2.05, 4.69) is 10.6 Å². The summed E-state index contributed by atoms with van der Waals surface area (Å²) in [6, 6.07) is 32.6. The molecule has 1 aromatic heterocycles. The number of benzene rings is 4. The molecule has 8 nitrogen and oxygen atoms in total. The van der Waals surface area contributed by atoms with Gasteiger partial charge in [-0.15, -0.1) is 0 Å². The third-order valence-corrected chi connectivity index (χ3v) is 7.95. The zero-order valence-corrected chi connectivity index (χ0v) is 21.5. The van der Waals surface area contributed by atoms with Crippen molar-refractivity contribution in [2.24, 2.45) is 0 Å². The highest BCUT2D eigenvalue weighted by Crippen LogP contribution is 2.23. The van der Waals surface area contributed by atoms with Crippen molar-refractivity contribution in [3.63, 3.8) is 0 Å². The minimum Gasteiger partial charge on any atom is -0.269 e. The van der Waals surface area contributed by atoms with Gasteiger partial charge in [-0.2, -0.15) is 5.10 Å². The Kier molecular flexibility index (Phi) is 7.21. The van der Waals surface area contributed by atoms with Crippen molar-refractivity contribution in [2.75, 3.05) is 11.4 Å². The lowest BCUT2D eigenvalue weighted by Crippen LogP contribution is -2.26. The Balaban J connectivity index is 1.33. The number of sulfonamides is 1. The molecule has 4 aromatic carbocycles. The van der Waals surface area contributed by atoms with Crippen LogP contribution in [0.5, 0.6) is 0 Å². The van der Waals surface area contributed by atoms with Gasteiger partial charge in [-0.3, -0.25) is 18.6 Å². The average molecular weight is 527 g/mol. The van der Waals surface area contributed by atoms with Crippen LogP contribution in [0.4, 0.5) is 5.69 Å². The number of para-hydroxylation sites is 2. The standard InChI is InChI=1S/C29H26N4O4S/c1-32(24-12-6-3-7-13-24)38(35,36)25-18-16-22(17-19-25)20-33-27-15-9-8-14-26(27)28(30-33)29(34)31-37-21-23-10-4-2-5-11-23/h2-19H,20-21H2,1H3,(H,31,34). The minimum atomic E-state index is -3.71. The first-order chi connectivity index (χ1) is 18.4. The molecule has 0 bridgehead atoms. The predicted octanol–water partition coefficient (Wildman–Crippen LogP) is 4.77. The summed E-state index contributed by atoms with van der Waals surface area (Å²) >= 11 is 0. The first kappa shape index (κ1) is 25.2. The van der Waals surface area contributed by atoms with Crippen molar-refractivity contribution in [1.29, 1.82) is 0 Å². The molecule has 0 atom stereocenters. The summed E-state index contributed by atoms with van der Waals surface area (Å²) in [6.45, 7) is 0.591. The highest BCUT2D eigenvalue weighted by molar-refractivity contribution is 7.92.